The normalized spacial score (nSPS) is 11.6. The maximum atomic E-state index is 12.5. The summed E-state index contributed by atoms with van der Waals surface area (Å²) >= 11 is 0. The maximum absolute atomic E-state index is 12.5. The molecule has 0 spiro atoms. The van der Waals surface area contributed by atoms with E-state index < -0.39 is 10.0 Å². The van der Waals surface area contributed by atoms with E-state index >= 15 is 0 Å². The van der Waals surface area contributed by atoms with Crippen molar-refractivity contribution < 1.29 is 8.42 Å². The standard InChI is InChI=1S/C18H20N4O2S/c1-14-5-3-4-6-17(14)25(23,24)21-11-12-22-15(2)13-20-18(22)16-7-9-19-10-8-16/h3-10,13,21H,11-12H2,1-2H3. The number of benzene rings is 1. The number of hydrogen-bond acceptors (Lipinski definition) is 4. The molecular weight excluding hydrogens is 336 g/mol. The molecule has 3 aromatic rings. The Balaban J connectivity index is 1.75. The van der Waals surface area contributed by atoms with Gasteiger partial charge < -0.3 is 4.57 Å². The molecule has 0 amide bonds. The molecule has 0 aliphatic rings. The molecule has 0 atom stereocenters. The van der Waals surface area contributed by atoms with E-state index in [4.69, 9.17) is 0 Å². The molecule has 1 N–H and O–H groups in total. The van der Waals surface area contributed by atoms with Gasteiger partial charge >= 0.3 is 0 Å². The van der Waals surface area contributed by atoms with Gasteiger partial charge in [-0.25, -0.2) is 18.1 Å². The van der Waals surface area contributed by atoms with Crippen LogP contribution in [0.25, 0.3) is 11.4 Å². The average molecular weight is 356 g/mol. The van der Waals surface area contributed by atoms with E-state index in [-0.39, 0.29) is 6.54 Å². The molecule has 0 unspecified atom stereocenters. The largest absolute Gasteiger partial charge is 0.327 e. The highest BCUT2D eigenvalue weighted by molar-refractivity contribution is 7.89. The first-order valence-corrected chi connectivity index (χ1v) is 9.45. The van der Waals surface area contributed by atoms with Crippen LogP contribution in [0.5, 0.6) is 0 Å². The van der Waals surface area contributed by atoms with Crippen LogP contribution < -0.4 is 4.72 Å². The predicted molar refractivity (Wildman–Crippen MR) is 96.6 cm³/mol. The molecule has 25 heavy (non-hydrogen) atoms. The minimum atomic E-state index is -3.53. The van der Waals surface area contributed by atoms with E-state index in [1.807, 2.05) is 29.7 Å². The van der Waals surface area contributed by atoms with Crippen molar-refractivity contribution in [3.63, 3.8) is 0 Å². The lowest BCUT2D eigenvalue weighted by Gasteiger charge is -2.12. The third-order valence-electron chi connectivity index (χ3n) is 4.00. The molecule has 6 nitrogen and oxygen atoms in total. The van der Waals surface area contributed by atoms with Crippen molar-refractivity contribution in [2.24, 2.45) is 0 Å². The molecule has 1 aromatic carbocycles. The molecule has 130 valence electrons. The number of aromatic nitrogens is 3. The zero-order valence-corrected chi connectivity index (χ0v) is 15.0. The van der Waals surface area contributed by atoms with Crippen molar-refractivity contribution in [1.82, 2.24) is 19.3 Å². The van der Waals surface area contributed by atoms with Gasteiger partial charge in [-0.3, -0.25) is 4.98 Å². The summed E-state index contributed by atoms with van der Waals surface area (Å²) in [6.45, 7) is 4.52. The Kier molecular flexibility index (Phi) is 4.96. The molecule has 7 heteroatoms. The third-order valence-corrected chi connectivity index (χ3v) is 5.63. The highest BCUT2D eigenvalue weighted by atomic mass is 32.2. The van der Waals surface area contributed by atoms with E-state index in [2.05, 4.69) is 14.7 Å². The fourth-order valence-corrected chi connectivity index (χ4v) is 3.97. The van der Waals surface area contributed by atoms with Crippen LogP contribution in [0.1, 0.15) is 11.3 Å². The van der Waals surface area contributed by atoms with E-state index in [0.29, 0.717) is 11.4 Å². The first-order chi connectivity index (χ1) is 12.0. The molecule has 0 bridgehead atoms. The maximum Gasteiger partial charge on any atom is 0.240 e. The minimum Gasteiger partial charge on any atom is -0.327 e. The zero-order chi connectivity index (χ0) is 17.9. The van der Waals surface area contributed by atoms with Crippen LogP contribution in [0, 0.1) is 13.8 Å². The fraction of sp³-hybridized carbons (Fsp3) is 0.222. The molecule has 0 saturated heterocycles. The van der Waals surface area contributed by atoms with Gasteiger partial charge in [-0.05, 0) is 37.6 Å². The van der Waals surface area contributed by atoms with Crippen LogP contribution in [-0.2, 0) is 16.6 Å². The zero-order valence-electron chi connectivity index (χ0n) is 14.2. The number of nitrogens with one attached hydrogen (secondary N) is 1. The minimum absolute atomic E-state index is 0.284. The molecule has 0 fully saturated rings. The van der Waals surface area contributed by atoms with Crippen molar-refractivity contribution >= 4 is 10.0 Å². The van der Waals surface area contributed by atoms with Gasteiger partial charge in [0, 0.05) is 42.9 Å². The lowest BCUT2D eigenvalue weighted by Crippen LogP contribution is -2.28. The number of pyridine rings is 1. The summed E-state index contributed by atoms with van der Waals surface area (Å²) < 4.78 is 29.6. The molecule has 0 saturated carbocycles. The smallest absolute Gasteiger partial charge is 0.240 e. The number of rotatable bonds is 6. The monoisotopic (exact) mass is 356 g/mol. The van der Waals surface area contributed by atoms with Gasteiger partial charge in [0.2, 0.25) is 10.0 Å². The first-order valence-electron chi connectivity index (χ1n) is 7.97. The summed E-state index contributed by atoms with van der Waals surface area (Å²) in [5.74, 6) is 0.801. The van der Waals surface area contributed by atoms with Crippen LogP contribution in [0.3, 0.4) is 0 Å². The van der Waals surface area contributed by atoms with Crippen molar-refractivity contribution in [3.8, 4) is 11.4 Å². The second-order valence-corrected chi connectivity index (χ2v) is 7.51. The van der Waals surface area contributed by atoms with Gasteiger partial charge in [-0.15, -0.1) is 0 Å². The topological polar surface area (TPSA) is 76.9 Å². The summed E-state index contributed by atoms with van der Waals surface area (Å²) in [6, 6.07) is 10.7. The van der Waals surface area contributed by atoms with Gasteiger partial charge in [0.05, 0.1) is 4.90 Å². The number of sulfonamides is 1. The number of imidazole rings is 1. The third kappa shape index (κ3) is 3.78. The quantitative estimate of drug-likeness (QED) is 0.736. The molecule has 0 radical (unpaired) electrons. The van der Waals surface area contributed by atoms with Crippen LogP contribution in [-0.4, -0.2) is 29.5 Å². The molecule has 0 aliphatic heterocycles. The lowest BCUT2D eigenvalue weighted by atomic mass is 10.2. The summed E-state index contributed by atoms with van der Waals surface area (Å²) in [5, 5.41) is 0. The Labute approximate surface area is 147 Å². The van der Waals surface area contributed by atoms with Crippen molar-refractivity contribution in [3.05, 3.63) is 66.2 Å². The summed E-state index contributed by atoms with van der Waals surface area (Å²) in [4.78, 5) is 8.76. The van der Waals surface area contributed by atoms with Crippen molar-refractivity contribution in [2.75, 3.05) is 6.54 Å². The van der Waals surface area contributed by atoms with Gasteiger partial charge in [0.25, 0.3) is 0 Å². The van der Waals surface area contributed by atoms with Crippen molar-refractivity contribution in [2.45, 2.75) is 25.3 Å². The second-order valence-electron chi connectivity index (χ2n) is 5.77. The Morgan fingerprint density at radius 3 is 2.52 bits per heavy atom. The summed E-state index contributed by atoms with van der Waals surface area (Å²) in [7, 11) is -3.53. The number of hydrogen-bond donors (Lipinski definition) is 1. The highest BCUT2D eigenvalue weighted by Gasteiger charge is 2.16. The van der Waals surface area contributed by atoms with Gasteiger partial charge in [-0.1, -0.05) is 18.2 Å². The second kappa shape index (κ2) is 7.16. The summed E-state index contributed by atoms with van der Waals surface area (Å²) in [5.41, 5.74) is 2.65. The first kappa shape index (κ1) is 17.3. The number of nitrogens with zero attached hydrogens (tertiary/aromatic N) is 3. The van der Waals surface area contributed by atoms with E-state index in [1.54, 1.807) is 43.7 Å². The Hall–Kier alpha value is -2.51. The average Bonchev–Trinajstić information content (AvgIpc) is 2.97. The van der Waals surface area contributed by atoms with Crippen LogP contribution in [0.4, 0.5) is 0 Å². The lowest BCUT2D eigenvalue weighted by molar-refractivity contribution is 0.571. The van der Waals surface area contributed by atoms with Gasteiger partial charge in [-0.2, -0.15) is 0 Å². The Morgan fingerprint density at radius 1 is 1.08 bits per heavy atom. The fourth-order valence-electron chi connectivity index (χ4n) is 2.70. The molecule has 3 rings (SSSR count). The van der Waals surface area contributed by atoms with Crippen LogP contribution in [0.15, 0.2) is 59.9 Å². The van der Waals surface area contributed by atoms with Gasteiger partial charge in [0.15, 0.2) is 0 Å². The van der Waals surface area contributed by atoms with Crippen LogP contribution in [0.2, 0.25) is 0 Å². The predicted octanol–water partition coefficient (Wildman–Crippen LogP) is 2.54. The highest BCUT2D eigenvalue weighted by Crippen LogP contribution is 2.18. The van der Waals surface area contributed by atoms with Gasteiger partial charge in [0.1, 0.15) is 5.82 Å². The number of aryl methyl sites for hydroxylation is 2. The molecular formula is C18H20N4O2S. The van der Waals surface area contributed by atoms with Crippen molar-refractivity contribution in [1.29, 1.82) is 0 Å². The molecule has 0 aliphatic carbocycles. The van der Waals surface area contributed by atoms with E-state index in [9.17, 15) is 8.42 Å². The Morgan fingerprint density at radius 2 is 1.80 bits per heavy atom. The van der Waals surface area contributed by atoms with E-state index in [1.165, 1.54) is 0 Å². The van der Waals surface area contributed by atoms with Crippen LogP contribution >= 0.6 is 0 Å². The Bertz CT molecular complexity index is 966. The summed E-state index contributed by atoms with van der Waals surface area (Å²) in [6.07, 6.45) is 5.21. The SMILES string of the molecule is Cc1ccccc1S(=O)(=O)NCCn1c(C)cnc1-c1ccncc1. The van der Waals surface area contributed by atoms with E-state index in [0.717, 1.165) is 22.6 Å². The molecule has 2 heterocycles. The molecule has 2 aromatic heterocycles.